The first kappa shape index (κ1) is 13.7. The molecule has 0 aliphatic carbocycles. The number of amides is 1. The number of carbonyl (C=O) groups excluding carboxylic acids is 1. The lowest BCUT2D eigenvalue weighted by Gasteiger charge is -2.09. The quantitative estimate of drug-likeness (QED) is 0.898. The van der Waals surface area contributed by atoms with Crippen molar-refractivity contribution in [1.29, 1.82) is 0 Å². The van der Waals surface area contributed by atoms with Crippen LogP contribution in [0.2, 0.25) is 0 Å². The zero-order valence-corrected chi connectivity index (χ0v) is 11.2. The lowest BCUT2D eigenvalue weighted by molar-refractivity contribution is 0.0692. The molecule has 0 saturated carbocycles. The van der Waals surface area contributed by atoms with Crippen LogP contribution < -0.4 is 5.32 Å². The fraction of sp³-hybridized carbons (Fsp3) is 0.133. The lowest BCUT2D eigenvalue weighted by atomic mass is 10.1. The Kier molecular flexibility index (Phi) is 3.79. The number of benzene rings is 1. The summed E-state index contributed by atoms with van der Waals surface area (Å²) >= 11 is 0. The van der Waals surface area contributed by atoms with Gasteiger partial charge in [-0.1, -0.05) is 6.07 Å². The van der Waals surface area contributed by atoms with E-state index in [2.05, 4.69) is 10.3 Å². The number of pyridine rings is 1. The number of aromatic carboxylic acids is 1. The SMILES string of the molecule is Cc1cc(C)cc(NC(=O)c2ccncc2C(=O)O)c1. The van der Waals surface area contributed by atoms with Crippen molar-refractivity contribution in [3.8, 4) is 0 Å². The van der Waals surface area contributed by atoms with Crippen molar-refractivity contribution in [2.75, 3.05) is 5.32 Å². The van der Waals surface area contributed by atoms with Gasteiger partial charge in [-0.15, -0.1) is 0 Å². The molecule has 1 amide bonds. The van der Waals surface area contributed by atoms with E-state index in [1.807, 2.05) is 32.0 Å². The summed E-state index contributed by atoms with van der Waals surface area (Å²) in [4.78, 5) is 27.0. The molecule has 2 rings (SSSR count). The van der Waals surface area contributed by atoms with Gasteiger partial charge in [0, 0.05) is 18.1 Å². The fourth-order valence-corrected chi connectivity index (χ4v) is 2.01. The highest BCUT2D eigenvalue weighted by Gasteiger charge is 2.16. The summed E-state index contributed by atoms with van der Waals surface area (Å²) in [5.74, 6) is -1.64. The van der Waals surface area contributed by atoms with Crippen LogP contribution in [0.5, 0.6) is 0 Å². The van der Waals surface area contributed by atoms with Gasteiger partial charge < -0.3 is 10.4 Å². The van der Waals surface area contributed by atoms with Crippen molar-refractivity contribution in [1.82, 2.24) is 4.98 Å². The molecule has 0 saturated heterocycles. The van der Waals surface area contributed by atoms with Crippen molar-refractivity contribution < 1.29 is 14.7 Å². The summed E-state index contributed by atoms with van der Waals surface area (Å²) in [6.07, 6.45) is 2.56. The first-order chi connectivity index (χ1) is 9.47. The first-order valence-corrected chi connectivity index (χ1v) is 6.04. The van der Waals surface area contributed by atoms with Gasteiger partial charge in [-0.3, -0.25) is 9.78 Å². The maximum absolute atomic E-state index is 12.2. The number of hydrogen-bond donors (Lipinski definition) is 2. The number of carbonyl (C=O) groups is 2. The summed E-state index contributed by atoms with van der Waals surface area (Å²) in [6, 6.07) is 7.03. The number of nitrogens with one attached hydrogen (secondary N) is 1. The van der Waals surface area contributed by atoms with Crippen LogP contribution in [-0.2, 0) is 0 Å². The number of aromatic nitrogens is 1. The average Bonchev–Trinajstić information content (AvgIpc) is 2.37. The highest BCUT2D eigenvalue weighted by Crippen LogP contribution is 2.16. The zero-order chi connectivity index (χ0) is 14.7. The molecule has 2 aromatic rings. The first-order valence-electron chi connectivity index (χ1n) is 6.04. The number of rotatable bonds is 3. The molecule has 1 aromatic carbocycles. The van der Waals surface area contributed by atoms with Gasteiger partial charge in [0.1, 0.15) is 0 Å². The normalized spacial score (nSPS) is 10.1. The summed E-state index contributed by atoms with van der Waals surface area (Å²) in [5.41, 5.74) is 2.66. The molecular formula is C15H14N2O3. The van der Waals surface area contributed by atoms with Crippen LogP contribution in [-0.4, -0.2) is 22.0 Å². The molecule has 20 heavy (non-hydrogen) atoms. The van der Waals surface area contributed by atoms with Gasteiger partial charge in [-0.05, 0) is 43.2 Å². The van der Waals surface area contributed by atoms with Crippen molar-refractivity contribution in [2.45, 2.75) is 13.8 Å². The van der Waals surface area contributed by atoms with E-state index in [0.29, 0.717) is 5.69 Å². The van der Waals surface area contributed by atoms with E-state index in [1.54, 1.807) is 0 Å². The van der Waals surface area contributed by atoms with Gasteiger partial charge >= 0.3 is 5.97 Å². The largest absolute Gasteiger partial charge is 0.478 e. The van der Waals surface area contributed by atoms with Gasteiger partial charge in [0.05, 0.1) is 11.1 Å². The molecule has 0 aliphatic rings. The predicted octanol–water partition coefficient (Wildman–Crippen LogP) is 2.65. The Bertz CT molecular complexity index is 660. The summed E-state index contributed by atoms with van der Waals surface area (Å²) in [7, 11) is 0. The topological polar surface area (TPSA) is 79.3 Å². The van der Waals surface area contributed by atoms with Crippen molar-refractivity contribution >= 4 is 17.6 Å². The summed E-state index contributed by atoms with van der Waals surface area (Å²) in [6.45, 7) is 3.86. The highest BCUT2D eigenvalue weighted by atomic mass is 16.4. The minimum atomic E-state index is -1.18. The van der Waals surface area contributed by atoms with E-state index >= 15 is 0 Å². The van der Waals surface area contributed by atoms with E-state index in [4.69, 9.17) is 5.11 Å². The minimum Gasteiger partial charge on any atom is -0.478 e. The minimum absolute atomic E-state index is 0.0895. The Hall–Kier alpha value is -2.69. The second-order valence-corrected chi connectivity index (χ2v) is 4.56. The van der Waals surface area contributed by atoms with E-state index in [0.717, 1.165) is 11.1 Å². The third-order valence-electron chi connectivity index (χ3n) is 2.78. The zero-order valence-electron chi connectivity index (χ0n) is 11.2. The number of carboxylic acid groups (broad SMARTS) is 1. The molecule has 5 heteroatoms. The van der Waals surface area contributed by atoms with Crippen LogP contribution in [0.25, 0.3) is 0 Å². The molecule has 1 aromatic heterocycles. The maximum Gasteiger partial charge on any atom is 0.338 e. The lowest BCUT2D eigenvalue weighted by Crippen LogP contribution is -2.16. The van der Waals surface area contributed by atoms with Crippen LogP contribution in [0.15, 0.2) is 36.7 Å². The third-order valence-corrected chi connectivity index (χ3v) is 2.78. The standard InChI is InChI=1S/C15H14N2O3/c1-9-5-10(2)7-11(6-9)17-14(18)12-3-4-16-8-13(12)15(19)20/h3-8H,1-2H3,(H,17,18)(H,19,20). The molecule has 0 fully saturated rings. The Morgan fingerprint density at radius 2 is 1.75 bits per heavy atom. The molecule has 2 N–H and O–H groups in total. The molecule has 0 unspecified atom stereocenters. The number of carboxylic acids is 1. The Labute approximate surface area is 116 Å². The van der Waals surface area contributed by atoms with Crippen molar-refractivity contribution in [3.63, 3.8) is 0 Å². The van der Waals surface area contributed by atoms with Gasteiger partial charge in [0.2, 0.25) is 0 Å². The van der Waals surface area contributed by atoms with Crippen molar-refractivity contribution in [3.05, 3.63) is 58.9 Å². The monoisotopic (exact) mass is 270 g/mol. The van der Waals surface area contributed by atoms with Crippen LogP contribution in [0.3, 0.4) is 0 Å². The van der Waals surface area contributed by atoms with Gasteiger partial charge in [0.25, 0.3) is 5.91 Å². The Morgan fingerprint density at radius 3 is 2.35 bits per heavy atom. The summed E-state index contributed by atoms with van der Waals surface area (Å²) in [5, 5.41) is 11.8. The Balaban J connectivity index is 2.31. The smallest absolute Gasteiger partial charge is 0.338 e. The van der Waals surface area contributed by atoms with E-state index in [9.17, 15) is 9.59 Å². The van der Waals surface area contributed by atoms with E-state index in [1.165, 1.54) is 18.5 Å². The summed E-state index contributed by atoms with van der Waals surface area (Å²) < 4.78 is 0. The molecular weight excluding hydrogens is 256 g/mol. The molecule has 0 spiro atoms. The number of aryl methyl sites for hydroxylation is 2. The molecule has 0 atom stereocenters. The molecule has 102 valence electrons. The average molecular weight is 270 g/mol. The van der Waals surface area contributed by atoms with Crippen LogP contribution in [0.1, 0.15) is 31.8 Å². The van der Waals surface area contributed by atoms with Crippen LogP contribution in [0, 0.1) is 13.8 Å². The predicted molar refractivity (Wildman–Crippen MR) is 75.1 cm³/mol. The van der Waals surface area contributed by atoms with Gasteiger partial charge in [-0.25, -0.2) is 4.79 Å². The second-order valence-electron chi connectivity index (χ2n) is 4.56. The molecule has 1 heterocycles. The van der Waals surface area contributed by atoms with Crippen LogP contribution >= 0.6 is 0 Å². The van der Waals surface area contributed by atoms with Gasteiger partial charge in [0.15, 0.2) is 0 Å². The van der Waals surface area contributed by atoms with Crippen molar-refractivity contribution in [2.24, 2.45) is 0 Å². The maximum atomic E-state index is 12.2. The molecule has 0 aliphatic heterocycles. The Morgan fingerprint density at radius 1 is 1.10 bits per heavy atom. The van der Waals surface area contributed by atoms with E-state index < -0.39 is 11.9 Å². The highest BCUT2D eigenvalue weighted by molar-refractivity contribution is 6.10. The third kappa shape index (κ3) is 3.00. The fourth-order valence-electron chi connectivity index (χ4n) is 2.01. The molecule has 0 bridgehead atoms. The van der Waals surface area contributed by atoms with Gasteiger partial charge in [-0.2, -0.15) is 0 Å². The second kappa shape index (κ2) is 5.52. The van der Waals surface area contributed by atoms with E-state index in [-0.39, 0.29) is 11.1 Å². The number of hydrogen-bond acceptors (Lipinski definition) is 3. The molecule has 0 radical (unpaired) electrons. The number of nitrogens with zero attached hydrogens (tertiary/aromatic N) is 1. The number of anilines is 1. The molecule has 5 nitrogen and oxygen atoms in total. The van der Waals surface area contributed by atoms with Crippen LogP contribution in [0.4, 0.5) is 5.69 Å².